The molecule has 2 amide bonds. The summed E-state index contributed by atoms with van der Waals surface area (Å²) in [4.78, 5) is 43.3. The maximum absolute atomic E-state index is 14.1. The van der Waals surface area contributed by atoms with Crippen LogP contribution in [0.5, 0.6) is 0 Å². The minimum Gasteiger partial charge on any atom is -0.461 e. The number of hydrogen-bond acceptors (Lipinski definition) is 11. The number of fused-ring (bicyclic) bond motifs is 2. The van der Waals surface area contributed by atoms with E-state index in [2.05, 4.69) is 11.8 Å². The number of carbonyl (C=O) groups is 3. The molecule has 5 aliphatic carbocycles. The molecule has 12 heteroatoms. The number of nitrogens with zero attached hydrogens (tertiary/aromatic N) is 2. The van der Waals surface area contributed by atoms with Crippen molar-refractivity contribution in [3.05, 3.63) is 29.8 Å². The van der Waals surface area contributed by atoms with E-state index in [1.807, 2.05) is 0 Å². The molecule has 1 spiro atoms. The number of ether oxygens (including phenoxy) is 5. The zero-order valence-electron chi connectivity index (χ0n) is 29.3. The zero-order valence-corrected chi connectivity index (χ0v) is 29.3. The molecule has 0 radical (unpaired) electrons. The molecule has 268 valence electrons. The van der Waals surface area contributed by atoms with Crippen molar-refractivity contribution >= 4 is 23.5 Å². The highest BCUT2D eigenvalue weighted by atomic mass is 16.5. The van der Waals surface area contributed by atoms with Crippen LogP contribution < -0.4 is 4.90 Å². The molecule has 0 aromatic heterocycles. The Kier molecular flexibility index (Phi) is 7.75. The highest BCUT2D eigenvalue weighted by Gasteiger charge is 2.91. The van der Waals surface area contributed by atoms with E-state index in [0.29, 0.717) is 25.9 Å². The summed E-state index contributed by atoms with van der Waals surface area (Å²) in [7, 11) is 6.70. The van der Waals surface area contributed by atoms with Gasteiger partial charge in [0.25, 0.3) is 0 Å². The molecule has 8 rings (SSSR count). The number of anilines is 1. The predicted molar refractivity (Wildman–Crippen MR) is 174 cm³/mol. The van der Waals surface area contributed by atoms with E-state index >= 15 is 0 Å². The van der Waals surface area contributed by atoms with E-state index in [4.69, 9.17) is 23.7 Å². The second kappa shape index (κ2) is 11.3. The fourth-order valence-electron chi connectivity index (χ4n) is 13.2. The lowest BCUT2D eigenvalue weighted by Crippen LogP contribution is -2.82. The van der Waals surface area contributed by atoms with Crippen molar-refractivity contribution in [2.24, 2.45) is 40.4 Å². The minimum absolute atomic E-state index is 0.0358. The topological polar surface area (TPSA) is 144 Å². The lowest BCUT2D eigenvalue weighted by Gasteiger charge is -2.70. The Morgan fingerprint density at radius 3 is 2.43 bits per heavy atom. The number of imide groups is 1. The fraction of sp³-hybridized carbons (Fsp3) is 0.757. The second-order valence-electron chi connectivity index (χ2n) is 16.0. The zero-order chi connectivity index (χ0) is 34.8. The van der Waals surface area contributed by atoms with E-state index in [-0.39, 0.29) is 84.5 Å². The number of benzene rings is 1. The average molecular weight is 683 g/mol. The van der Waals surface area contributed by atoms with Gasteiger partial charge in [-0.2, -0.15) is 0 Å². The van der Waals surface area contributed by atoms with E-state index in [1.165, 1.54) is 0 Å². The molecule has 2 heterocycles. The van der Waals surface area contributed by atoms with Crippen LogP contribution in [0.15, 0.2) is 24.3 Å². The molecule has 7 bridgehead atoms. The third-order valence-corrected chi connectivity index (χ3v) is 14.5. The van der Waals surface area contributed by atoms with Gasteiger partial charge in [0, 0.05) is 82.3 Å². The third-order valence-electron chi connectivity index (χ3n) is 14.5. The van der Waals surface area contributed by atoms with E-state index in [1.54, 1.807) is 59.6 Å². The second-order valence-corrected chi connectivity index (χ2v) is 16.0. The first-order valence-corrected chi connectivity index (χ1v) is 17.9. The Morgan fingerprint density at radius 1 is 1.04 bits per heavy atom. The van der Waals surface area contributed by atoms with Gasteiger partial charge in [-0.25, -0.2) is 9.69 Å². The number of methoxy groups -OCH3 is 4. The van der Waals surface area contributed by atoms with Crippen molar-refractivity contribution in [1.82, 2.24) is 4.90 Å². The molecule has 12 nitrogen and oxygen atoms in total. The molecule has 1 aromatic carbocycles. The predicted octanol–water partition coefficient (Wildman–Crippen LogP) is 2.04. The number of likely N-dealkylation sites (tertiary alicyclic amines) is 1. The Labute approximate surface area is 287 Å². The largest absolute Gasteiger partial charge is 0.461 e. The van der Waals surface area contributed by atoms with Gasteiger partial charge in [-0.05, 0) is 43.9 Å². The highest BCUT2D eigenvalue weighted by molar-refractivity contribution is 6.22. The summed E-state index contributed by atoms with van der Waals surface area (Å²) in [6, 6.07) is 6.12. The van der Waals surface area contributed by atoms with Crippen LogP contribution in [0.1, 0.15) is 56.3 Å². The van der Waals surface area contributed by atoms with Gasteiger partial charge in [-0.3, -0.25) is 14.5 Å². The number of carbonyl (C=O) groups excluding carboxylic acids is 3. The summed E-state index contributed by atoms with van der Waals surface area (Å²) >= 11 is 0. The Morgan fingerprint density at radius 2 is 1.80 bits per heavy atom. The summed E-state index contributed by atoms with van der Waals surface area (Å²) in [5.41, 5.74) is -4.17. The number of esters is 1. The quantitative estimate of drug-likeness (QED) is 0.292. The molecule has 7 fully saturated rings. The first-order valence-electron chi connectivity index (χ1n) is 17.9. The maximum atomic E-state index is 14.1. The molecule has 7 unspecified atom stereocenters. The Bertz CT molecular complexity index is 1560. The molecular formula is C37H50N2O10. The molecular weight excluding hydrogens is 632 g/mol. The van der Waals surface area contributed by atoms with Gasteiger partial charge in [-0.15, -0.1) is 0 Å². The van der Waals surface area contributed by atoms with Crippen LogP contribution >= 0.6 is 0 Å². The standard InChI is InChI=1S/C37H50N2O10/c1-7-38-17-34(18-49-32(42)20-10-8-9-11-23(20)39-26(40)14-19(2)31(39)41)13-12-25(46-4)36-22-15-21-24(45-3)16-35(43,27(22)28(21)47-5)37(44,33(36)38)30(48-6)29(34)36/h8-11,19,21-22,24-25,27-30,33,43-44H,7,12-18H2,1-6H3/t19?,21-,22-,24?,25?,27-,28?,29-,30+,33-,34+,35?,36?,37?/m1/s1. The highest BCUT2D eigenvalue weighted by Crippen LogP contribution is 2.80. The lowest BCUT2D eigenvalue weighted by molar-refractivity contribution is -0.320. The molecule has 49 heavy (non-hydrogen) atoms. The molecule has 7 aliphatic rings. The Balaban J connectivity index is 1.23. The Hall–Kier alpha value is -2.45. The van der Waals surface area contributed by atoms with Crippen LogP contribution in [0.2, 0.25) is 0 Å². The van der Waals surface area contributed by atoms with Gasteiger partial charge in [0.1, 0.15) is 11.2 Å². The molecule has 14 atom stereocenters. The van der Waals surface area contributed by atoms with Crippen LogP contribution in [0.4, 0.5) is 5.69 Å². The van der Waals surface area contributed by atoms with Crippen LogP contribution in [0.3, 0.4) is 0 Å². The van der Waals surface area contributed by atoms with Crippen LogP contribution in [0, 0.1) is 40.4 Å². The summed E-state index contributed by atoms with van der Waals surface area (Å²) < 4.78 is 31.4. The summed E-state index contributed by atoms with van der Waals surface area (Å²) in [6.45, 7) is 4.95. The maximum Gasteiger partial charge on any atom is 0.340 e. The normalized spacial score (nSPS) is 48.0. The molecule has 2 saturated heterocycles. The van der Waals surface area contributed by atoms with Gasteiger partial charge in [0.15, 0.2) is 0 Å². The van der Waals surface area contributed by atoms with Crippen molar-refractivity contribution in [3.63, 3.8) is 0 Å². The molecule has 1 aromatic rings. The van der Waals surface area contributed by atoms with Crippen molar-refractivity contribution in [2.45, 2.75) is 87.6 Å². The van der Waals surface area contributed by atoms with Crippen LogP contribution in [-0.4, -0.2) is 123 Å². The molecule has 2 aliphatic heterocycles. The number of piperidine rings is 1. The fourth-order valence-corrected chi connectivity index (χ4v) is 13.2. The smallest absolute Gasteiger partial charge is 0.340 e. The summed E-state index contributed by atoms with van der Waals surface area (Å²) in [5.74, 6) is -2.47. The van der Waals surface area contributed by atoms with Crippen molar-refractivity contribution < 1.29 is 48.3 Å². The van der Waals surface area contributed by atoms with Crippen molar-refractivity contribution in [2.75, 3.05) is 53.0 Å². The van der Waals surface area contributed by atoms with E-state index in [0.717, 1.165) is 11.3 Å². The number of amides is 2. The van der Waals surface area contributed by atoms with Crippen LogP contribution in [0.25, 0.3) is 0 Å². The number of likely N-dealkylation sites (N-methyl/N-ethyl adjacent to an activating group) is 1. The number of aliphatic hydroxyl groups is 2. The average Bonchev–Trinajstić information content (AvgIpc) is 3.63. The number of rotatable bonds is 9. The van der Waals surface area contributed by atoms with Gasteiger partial charge in [0.2, 0.25) is 11.8 Å². The number of hydrogen-bond donors (Lipinski definition) is 2. The van der Waals surface area contributed by atoms with Gasteiger partial charge in [0.05, 0.1) is 48.3 Å². The monoisotopic (exact) mass is 682 g/mol. The van der Waals surface area contributed by atoms with Gasteiger partial charge < -0.3 is 33.9 Å². The minimum atomic E-state index is -1.70. The third kappa shape index (κ3) is 3.86. The van der Waals surface area contributed by atoms with E-state index in [9.17, 15) is 24.6 Å². The molecule has 5 saturated carbocycles. The van der Waals surface area contributed by atoms with E-state index < -0.39 is 46.1 Å². The SMILES string of the molecule is CCN1C[C@]2(COC(=O)c3ccccc3N3C(=O)CC(C)C3=O)CCC(OC)C34[C@@H]5C[C@@H]6C(OC)CC(O)([C@H]5C6OC)C(O)([C@H]13)[C@@H](OC)[C@@H]42. The summed E-state index contributed by atoms with van der Waals surface area (Å²) in [6.07, 6.45) is 0.813. The first-order chi connectivity index (χ1) is 23.4. The van der Waals surface area contributed by atoms with Gasteiger partial charge >= 0.3 is 5.97 Å². The molecule has 2 N–H and O–H groups in total. The number of para-hydroxylation sites is 1. The lowest BCUT2D eigenvalue weighted by atomic mass is 9.42. The first kappa shape index (κ1) is 33.7. The van der Waals surface area contributed by atoms with Crippen molar-refractivity contribution in [1.29, 1.82) is 0 Å². The van der Waals surface area contributed by atoms with Gasteiger partial charge in [-0.1, -0.05) is 26.0 Å². The summed E-state index contributed by atoms with van der Waals surface area (Å²) in [5, 5.41) is 26.6. The van der Waals surface area contributed by atoms with Crippen molar-refractivity contribution in [3.8, 4) is 0 Å². The van der Waals surface area contributed by atoms with Crippen LogP contribution in [-0.2, 0) is 33.3 Å².